The fraction of sp³-hybridized carbons (Fsp3) is 0.429. The Labute approximate surface area is 311 Å². The van der Waals surface area contributed by atoms with Gasteiger partial charge in [0.15, 0.2) is 0 Å². The van der Waals surface area contributed by atoms with Crippen LogP contribution < -0.4 is 14.2 Å². The van der Waals surface area contributed by atoms with Gasteiger partial charge in [-0.15, -0.1) is 5.06 Å². The number of amides is 2. The Bertz CT molecular complexity index is 1960. The van der Waals surface area contributed by atoms with Gasteiger partial charge in [-0.2, -0.15) is 8.42 Å². The van der Waals surface area contributed by atoms with E-state index >= 15 is 0 Å². The minimum Gasteiger partial charge on any atom is -0.493 e. The van der Waals surface area contributed by atoms with Gasteiger partial charge in [0.2, 0.25) is 16.0 Å². The summed E-state index contributed by atoms with van der Waals surface area (Å²) in [6.45, 7) is 11.4. The number of rotatable bonds is 14. The van der Waals surface area contributed by atoms with Crippen molar-refractivity contribution in [2.75, 3.05) is 26.8 Å². The molecule has 290 valence electrons. The molecule has 2 N–H and O–H groups in total. The predicted octanol–water partition coefficient (Wildman–Crippen LogP) is 5.42. The molecule has 0 fully saturated rings. The van der Waals surface area contributed by atoms with Crippen LogP contribution in [-0.4, -0.2) is 87.3 Å². The molecular weight excluding hydrogens is 731 g/mol. The van der Waals surface area contributed by atoms with Gasteiger partial charge in [0, 0.05) is 44.4 Å². The monoisotopic (exact) mass is 777 g/mol. The van der Waals surface area contributed by atoms with Crippen LogP contribution >= 0.6 is 0 Å². The lowest BCUT2D eigenvalue weighted by Crippen LogP contribution is -2.49. The number of carbonyl (C=O) groups is 2. The fourth-order valence-corrected chi connectivity index (χ4v) is 7.22. The minimum absolute atomic E-state index is 0.0105. The molecule has 0 spiro atoms. The number of ether oxygens (including phenoxy) is 3. The minimum atomic E-state index is -4.65. The van der Waals surface area contributed by atoms with Crippen molar-refractivity contribution in [1.82, 2.24) is 19.7 Å². The van der Waals surface area contributed by atoms with Crippen molar-refractivity contribution in [1.29, 1.82) is 5.41 Å². The van der Waals surface area contributed by atoms with E-state index in [-0.39, 0.29) is 37.7 Å². The van der Waals surface area contributed by atoms with E-state index in [1.807, 2.05) is 0 Å². The number of likely N-dealkylation sites (N-methyl/N-ethyl adjacent to an activating group) is 1. The van der Waals surface area contributed by atoms with Crippen LogP contribution in [-0.2, 0) is 40.9 Å². The Morgan fingerprint density at radius 1 is 0.849 bits per heavy atom. The Kier molecular flexibility index (Phi) is 14.3. The topological polar surface area (TPSA) is 204 Å². The second-order valence-corrected chi connectivity index (χ2v) is 17.2. The number of pyridine rings is 1. The van der Waals surface area contributed by atoms with Crippen LogP contribution in [0.2, 0.25) is 0 Å². The van der Waals surface area contributed by atoms with Crippen molar-refractivity contribution in [3.05, 3.63) is 78.1 Å². The second-order valence-electron chi connectivity index (χ2n) is 13.6. The molecule has 1 aromatic heterocycles. The third-order valence-electron chi connectivity index (χ3n) is 6.61. The van der Waals surface area contributed by atoms with Crippen molar-refractivity contribution < 1.29 is 49.7 Å². The summed E-state index contributed by atoms with van der Waals surface area (Å²) in [6.07, 6.45) is 0.0612. The number of aryl methyl sites for hydroxylation is 1. The molecule has 0 atom stereocenters. The van der Waals surface area contributed by atoms with Crippen LogP contribution in [0.15, 0.2) is 76.7 Å². The van der Waals surface area contributed by atoms with Gasteiger partial charge in [-0.3, -0.25) is 20.5 Å². The van der Waals surface area contributed by atoms with Gasteiger partial charge >= 0.3 is 22.3 Å². The van der Waals surface area contributed by atoms with E-state index in [1.165, 1.54) is 37.4 Å². The maximum Gasteiger partial charge on any atom is 0.442 e. The highest BCUT2D eigenvalue weighted by Gasteiger charge is 2.31. The molecule has 0 aliphatic heterocycles. The smallest absolute Gasteiger partial charge is 0.442 e. The van der Waals surface area contributed by atoms with Gasteiger partial charge in [-0.05, 0) is 90.4 Å². The number of sulfonamides is 1. The zero-order valence-corrected chi connectivity index (χ0v) is 32.7. The van der Waals surface area contributed by atoms with Gasteiger partial charge in [0.1, 0.15) is 32.5 Å². The zero-order valence-electron chi connectivity index (χ0n) is 31.0. The average Bonchev–Trinajstić information content (AvgIpc) is 3.03. The quantitative estimate of drug-likeness (QED) is 0.0693. The number of guanidine groups is 1. The fourth-order valence-electron chi connectivity index (χ4n) is 4.36. The van der Waals surface area contributed by atoms with Crippen molar-refractivity contribution in [3.63, 3.8) is 0 Å². The summed E-state index contributed by atoms with van der Waals surface area (Å²) in [7, 11) is -7.54. The zero-order chi connectivity index (χ0) is 39.6. The maximum atomic E-state index is 13.5. The van der Waals surface area contributed by atoms with Gasteiger partial charge < -0.3 is 18.4 Å². The molecule has 2 aromatic carbocycles. The number of carbonyl (C=O) groups excluding carboxylic acids is 2. The Morgan fingerprint density at radius 2 is 1.47 bits per heavy atom. The summed E-state index contributed by atoms with van der Waals surface area (Å²) in [4.78, 5) is 33.6. The summed E-state index contributed by atoms with van der Waals surface area (Å²) in [5.74, 6) is -0.625. The molecule has 0 unspecified atom stereocenters. The molecule has 0 saturated heterocycles. The number of nitrogens with zero attached hydrogens (tertiary/aromatic N) is 3. The summed E-state index contributed by atoms with van der Waals surface area (Å²) in [5, 5.41) is 10.8. The van der Waals surface area contributed by atoms with E-state index in [1.54, 1.807) is 78.9 Å². The highest BCUT2D eigenvalue weighted by Crippen LogP contribution is 2.29. The maximum absolute atomic E-state index is 13.5. The largest absolute Gasteiger partial charge is 0.493 e. The van der Waals surface area contributed by atoms with E-state index in [0.717, 1.165) is 10.4 Å². The summed E-state index contributed by atoms with van der Waals surface area (Å²) in [5.41, 5.74) is -0.524. The van der Waals surface area contributed by atoms with Crippen molar-refractivity contribution in [2.24, 2.45) is 0 Å². The predicted molar refractivity (Wildman–Crippen MR) is 194 cm³/mol. The molecule has 0 aliphatic rings. The number of alkyl carbamates (subject to hydrolysis) is 1. The van der Waals surface area contributed by atoms with E-state index in [9.17, 15) is 26.4 Å². The number of aromatic nitrogens is 1. The molecule has 53 heavy (non-hydrogen) atoms. The number of hydroxylamine groups is 2. The van der Waals surface area contributed by atoms with Gasteiger partial charge in [0.25, 0.3) is 0 Å². The van der Waals surface area contributed by atoms with Gasteiger partial charge in [-0.25, -0.2) is 22.3 Å². The third-order valence-corrected chi connectivity index (χ3v) is 9.96. The van der Waals surface area contributed by atoms with Crippen LogP contribution in [0, 0.1) is 12.3 Å². The van der Waals surface area contributed by atoms with Crippen molar-refractivity contribution in [3.8, 4) is 11.5 Å². The molecule has 1 heterocycles. The van der Waals surface area contributed by atoms with Crippen molar-refractivity contribution >= 4 is 38.3 Å². The Balaban J connectivity index is 1.67. The summed E-state index contributed by atoms with van der Waals surface area (Å²) >= 11 is 0. The Hall–Kier alpha value is -4.78. The molecule has 0 bridgehead atoms. The van der Waals surface area contributed by atoms with Crippen LogP contribution in [0.25, 0.3) is 0 Å². The first-order valence-electron chi connectivity index (χ1n) is 16.5. The van der Waals surface area contributed by atoms with E-state index in [0.29, 0.717) is 22.7 Å². The van der Waals surface area contributed by atoms with Crippen LogP contribution in [0.1, 0.15) is 59.2 Å². The first-order chi connectivity index (χ1) is 24.6. The number of benzene rings is 2. The molecule has 0 radical (unpaired) electrons. The molecular formula is C35H47N5O11S2. The molecule has 18 heteroatoms. The summed E-state index contributed by atoms with van der Waals surface area (Å²) < 4.78 is 76.8. The van der Waals surface area contributed by atoms with Crippen LogP contribution in [0.4, 0.5) is 9.59 Å². The van der Waals surface area contributed by atoms with E-state index in [2.05, 4.69) is 10.3 Å². The van der Waals surface area contributed by atoms with E-state index < -0.39 is 59.3 Å². The van der Waals surface area contributed by atoms with Gasteiger partial charge in [0.05, 0.1) is 13.2 Å². The Morgan fingerprint density at radius 3 is 2.09 bits per heavy atom. The van der Waals surface area contributed by atoms with Gasteiger partial charge in [-0.1, -0.05) is 18.2 Å². The lowest BCUT2D eigenvalue weighted by molar-refractivity contribution is -0.104. The SMILES string of the molecule is Cc1cc(OCCCON(C(=N)NC(=O)OC(C)(C)C)C(=O)OC(C)(C)C)cc(OS(=O)(=O)c2ccccc2S(=O)(=O)N(C)CCc2ccccn2)c1. The number of hydrogen-bond donors (Lipinski definition) is 2. The molecule has 2 amide bonds. The van der Waals surface area contributed by atoms with Crippen LogP contribution in [0.5, 0.6) is 11.5 Å². The molecule has 3 aromatic rings. The highest BCUT2D eigenvalue weighted by atomic mass is 32.2. The lowest BCUT2D eigenvalue weighted by atomic mass is 10.2. The standard InChI is InChI=1S/C35H47N5O11S2/c1-25-22-27(47-20-13-21-48-40(33(42)50-35(5,6)7)31(36)38-32(41)49-34(2,3)4)24-28(23-25)51-53(45,46)30-16-10-9-15-29(30)52(43,44)39(8)19-17-26-14-11-12-18-37-26/h9-12,14-16,18,22-24H,13,17,19-21H2,1-8H3,(H2,36,38,41). The first kappa shape index (κ1) is 42.6. The first-order valence-corrected chi connectivity index (χ1v) is 19.3. The average molecular weight is 778 g/mol. The number of hydrogen-bond acceptors (Lipinski definition) is 13. The second kappa shape index (κ2) is 17.8. The highest BCUT2D eigenvalue weighted by molar-refractivity contribution is 7.91. The third kappa shape index (κ3) is 13.6. The molecule has 0 aliphatic carbocycles. The molecule has 3 rings (SSSR count). The van der Waals surface area contributed by atoms with E-state index in [4.69, 9.17) is 28.6 Å². The number of nitrogens with one attached hydrogen (secondary N) is 2. The molecule has 0 saturated carbocycles. The normalized spacial score (nSPS) is 12.2. The summed E-state index contributed by atoms with van der Waals surface area (Å²) in [6, 6.07) is 14.9. The molecule has 16 nitrogen and oxygen atoms in total. The van der Waals surface area contributed by atoms with Crippen LogP contribution in [0.3, 0.4) is 0 Å². The lowest BCUT2D eigenvalue weighted by Gasteiger charge is -2.27. The van der Waals surface area contributed by atoms with Crippen molar-refractivity contribution in [2.45, 2.75) is 82.3 Å².